The number of anilines is 1. The maximum absolute atomic E-state index is 11.9. The Morgan fingerprint density at radius 1 is 1.56 bits per heavy atom. The van der Waals surface area contributed by atoms with Crippen molar-refractivity contribution in [3.63, 3.8) is 0 Å². The third-order valence-electron chi connectivity index (χ3n) is 2.88. The number of hydrogen-bond acceptors (Lipinski definition) is 4. The summed E-state index contributed by atoms with van der Waals surface area (Å²) in [5, 5.41) is 0.221. The van der Waals surface area contributed by atoms with Gasteiger partial charge in [0.15, 0.2) is 6.10 Å². The molecular weight excluding hydrogens is 256 g/mol. The standard InChI is InChI=1S/C12H13ClN2O3/c1-15-6-5-9(11(15)16)18-12(17)10-7(13)3-2-4-8(10)14/h2-4,9H,5-6,14H2,1H3. The molecule has 1 aliphatic rings. The van der Waals surface area contributed by atoms with E-state index in [-0.39, 0.29) is 22.2 Å². The molecule has 1 aromatic rings. The van der Waals surface area contributed by atoms with Gasteiger partial charge in [-0.2, -0.15) is 0 Å². The van der Waals surface area contributed by atoms with Crippen LogP contribution in [-0.2, 0) is 9.53 Å². The number of halogens is 1. The molecule has 2 rings (SSSR count). The highest BCUT2D eigenvalue weighted by molar-refractivity contribution is 6.34. The third kappa shape index (κ3) is 2.26. The van der Waals surface area contributed by atoms with Crippen molar-refractivity contribution in [1.82, 2.24) is 4.90 Å². The van der Waals surface area contributed by atoms with E-state index in [9.17, 15) is 9.59 Å². The van der Waals surface area contributed by atoms with Gasteiger partial charge in [0.2, 0.25) is 0 Å². The molecule has 0 aromatic heterocycles. The highest BCUT2D eigenvalue weighted by Crippen LogP contribution is 2.24. The van der Waals surface area contributed by atoms with Crippen LogP contribution >= 0.6 is 11.6 Å². The van der Waals surface area contributed by atoms with Gasteiger partial charge in [-0.15, -0.1) is 0 Å². The third-order valence-corrected chi connectivity index (χ3v) is 3.19. The van der Waals surface area contributed by atoms with E-state index < -0.39 is 12.1 Å². The van der Waals surface area contributed by atoms with Gasteiger partial charge in [-0.3, -0.25) is 4.79 Å². The van der Waals surface area contributed by atoms with Crippen molar-refractivity contribution in [2.24, 2.45) is 0 Å². The zero-order valence-electron chi connectivity index (χ0n) is 9.85. The average Bonchev–Trinajstić information content (AvgIpc) is 2.61. The van der Waals surface area contributed by atoms with Crippen LogP contribution < -0.4 is 5.73 Å². The number of hydrogen-bond donors (Lipinski definition) is 1. The summed E-state index contributed by atoms with van der Waals surface area (Å²) < 4.78 is 5.15. The molecule has 1 atom stereocenters. The van der Waals surface area contributed by atoms with Crippen molar-refractivity contribution in [3.8, 4) is 0 Å². The van der Waals surface area contributed by atoms with E-state index in [4.69, 9.17) is 22.1 Å². The van der Waals surface area contributed by atoms with Crippen LogP contribution in [0.4, 0.5) is 5.69 Å². The number of rotatable bonds is 2. The van der Waals surface area contributed by atoms with Crippen molar-refractivity contribution in [3.05, 3.63) is 28.8 Å². The first-order chi connectivity index (χ1) is 8.50. The van der Waals surface area contributed by atoms with E-state index >= 15 is 0 Å². The maximum Gasteiger partial charge on any atom is 0.342 e. The molecule has 0 radical (unpaired) electrons. The second-order valence-electron chi connectivity index (χ2n) is 4.15. The largest absolute Gasteiger partial charge is 0.448 e. The quantitative estimate of drug-likeness (QED) is 0.648. The average molecular weight is 269 g/mol. The monoisotopic (exact) mass is 268 g/mol. The first-order valence-corrected chi connectivity index (χ1v) is 5.88. The van der Waals surface area contributed by atoms with Gasteiger partial charge in [-0.1, -0.05) is 17.7 Å². The Morgan fingerprint density at radius 3 is 2.83 bits per heavy atom. The van der Waals surface area contributed by atoms with Crippen LogP contribution in [0.15, 0.2) is 18.2 Å². The van der Waals surface area contributed by atoms with Gasteiger partial charge < -0.3 is 15.4 Å². The highest BCUT2D eigenvalue weighted by atomic mass is 35.5. The molecule has 0 bridgehead atoms. The molecule has 1 unspecified atom stereocenters. The van der Waals surface area contributed by atoms with Crippen molar-refractivity contribution >= 4 is 29.2 Å². The maximum atomic E-state index is 11.9. The number of benzene rings is 1. The Morgan fingerprint density at radius 2 is 2.28 bits per heavy atom. The van der Waals surface area contributed by atoms with E-state index in [0.717, 1.165) is 0 Å². The number of nitrogens with zero attached hydrogens (tertiary/aromatic N) is 1. The van der Waals surface area contributed by atoms with E-state index in [0.29, 0.717) is 13.0 Å². The van der Waals surface area contributed by atoms with Crippen LogP contribution in [-0.4, -0.2) is 36.5 Å². The van der Waals surface area contributed by atoms with E-state index in [1.807, 2.05) is 0 Å². The van der Waals surface area contributed by atoms with Crippen LogP contribution in [0.2, 0.25) is 5.02 Å². The molecule has 1 amide bonds. The molecule has 0 spiro atoms. The Hall–Kier alpha value is -1.75. The van der Waals surface area contributed by atoms with Crippen molar-refractivity contribution in [1.29, 1.82) is 0 Å². The zero-order valence-corrected chi connectivity index (χ0v) is 10.6. The van der Waals surface area contributed by atoms with Gasteiger partial charge in [-0.05, 0) is 12.1 Å². The summed E-state index contributed by atoms with van der Waals surface area (Å²) >= 11 is 5.90. The van der Waals surface area contributed by atoms with E-state index in [1.54, 1.807) is 25.2 Å². The predicted octanol–water partition coefficient (Wildman–Crippen LogP) is 1.31. The van der Waals surface area contributed by atoms with Crippen LogP contribution in [0.5, 0.6) is 0 Å². The molecule has 1 aromatic carbocycles. The summed E-state index contributed by atoms with van der Waals surface area (Å²) in [6.07, 6.45) is -0.246. The minimum absolute atomic E-state index is 0.113. The Labute approximate surface area is 109 Å². The summed E-state index contributed by atoms with van der Waals surface area (Å²) in [4.78, 5) is 25.1. The minimum atomic E-state index is -0.738. The molecule has 18 heavy (non-hydrogen) atoms. The van der Waals surface area contributed by atoms with Gasteiger partial charge >= 0.3 is 5.97 Å². The van der Waals surface area contributed by atoms with Crippen LogP contribution in [0.1, 0.15) is 16.8 Å². The second kappa shape index (κ2) is 4.86. The van der Waals surface area contributed by atoms with Gasteiger partial charge in [0.1, 0.15) is 5.56 Å². The number of amides is 1. The van der Waals surface area contributed by atoms with Gasteiger partial charge in [0, 0.05) is 25.7 Å². The van der Waals surface area contributed by atoms with E-state index in [2.05, 4.69) is 0 Å². The lowest BCUT2D eigenvalue weighted by Crippen LogP contribution is -2.29. The number of likely N-dealkylation sites (tertiary alicyclic amines) is 1. The van der Waals surface area contributed by atoms with Gasteiger partial charge in [-0.25, -0.2) is 4.79 Å². The number of esters is 1. The Bertz CT molecular complexity index is 484. The molecule has 5 nitrogen and oxygen atoms in total. The molecule has 1 heterocycles. The number of carbonyl (C=O) groups excluding carboxylic acids is 2. The summed E-state index contributed by atoms with van der Waals surface area (Å²) in [6, 6.07) is 4.76. The molecule has 2 N–H and O–H groups in total. The molecule has 1 saturated heterocycles. The minimum Gasteiger partial charge on any atom is -0.448 e. The van der Waals surface area contributed by atoms with Gasteiger partial charge in [0.25, 0.3) is 5.91 Å². The lowest BCUT2D eigenvalue weighted by molar-refractivity contribution is -0.133. The smallest absolute Gasteiger partial charge is 0.342 e. The topological polar surface area (TPSA) is 72.6 Å². The molecular formula is C12H13ClN2O3. The highest BCUT2D eigenvalue weighted by Gasteiger charge is 2.33. The number of ether oxygens (including phenoxy) is 1. The Balaban J connectivity index is 2.16. The van der Waals surface area contributed by atoms with Crippen molar-refractivity contribution in [2.45, 2.75) is 12.5 Å². The molecule has 1 aliphatic heterocycles. The van der Waals surface area contributed by atoms with Gasteiger partial charge in [0.05, 0.1) is 5.02 Å². The lowest BCUT2D eigenvalue weighted by Gasteiger charge is -2.13. The molecule has 6 heteroatoms. The lowest BCUT2D eigenvalue weighted by atomic mass is 10.2. The van der Waals surface area contributed by atoms with E-state index in [1.165, 1.54) is 4.90 Å². The summed E-state index contributed by atoms with van der Waals surface area (Å²) in [6.45, 7) is 0.578. The number of nitrogen functional groups attached to an aromatic ring is 1. The molecule has 0 aliphatic carbocycles. The molecule has 1 fully saturated rings. The molecule has 96 valence electrons. The first kappa shape index (κ1) is 12.7. The number of carbonyl (C=O) groups is 2. The number of nitrogens with two attached hydrogens (primary N) is 1. The zero-order chi connectivity index (χ0) is 13.3. The summed E-state index contributed by atoms with van der Waals surface area (Å²) in [5.41, 5.74) is 6.03. The predicted molar refractivity (Wildman–Crippen MR) is 67.3 cm³/mol. The van der Waals surface area contributed by atoms with Crippen LogP contribution in [0.3, 0.4) is 0 Å². The fraction of sp³-hybridized carbons (Fsp3) is 0.333. The summed E-state index contributed by atoms with van der Waals surface area (Å²) in [7, 11) is 1.67. The SMILES string of the molecule is CN1CCC(OC(=O)c2c(N)cccc2Cl)C1=O. The normalized spacial score (nSPS) is 19.1. The first-order valence-electron chi connectivity index (χ1n) is 5.50. The van der Waals surface area contributed by atoms with Crippen molar-refractivity contribution < 1.29 is 14.3 Å². The van der Waals surface area contributed by atoms with Crippen LogP contribution in [0.25, 0.3) is 0 Å². The number of likely N-dealkylation sites (N-methyl/N-ethyl adjacent to an activating group) is 1. The Kier molecular flexibility index (Phi) is 3.43. The fourth-order valence-corrected chi connectivity index (χ4v) is 2.10. The van der Waals surface area contributed by atoms with Crippen LogP contribution in [0, 0.1) is 0 Å². The summed E-state index contributed by atoms with van der Waals surface area (Å²) in [5.74, 6) is -0.860. The fourth-order valence-electron chi connectivity index (χ4n) is 1.84. The second-order valence-corrected chi connectivity index (χ2v) is 4.55. The molecule has 0 saturated carbocycles. The van der Waals surface area contributed by atoms with Crippen molar-refractivity contribution in [2.75, 3.05) is 19.3 Å².